The number of nitrogens with one attached hydrogen (secondary N) is 1. The molecule has 1 amide bonds. The molecule has 0 spiro atoms. The van der Waals surface area contributed by atoms with Crippen LogP contribution in [0.25, 0.3) is 6.08 Å². The molecule has 7 heteroatoms. The van der Waals surface area contributed by atoms with Crippen LogP contribution in [0.1, 0.15) is 17.1 Å². The molecule has 0 aliphatic carbocycles. The van der Waals surface area contributed by atoms with Gasteiger partial charge in [-0.1, -0.05) is 36.4 Å². The first-order chi connectivity index (χ1) is 12.5. The van der Waals surface area contributed by atoms with Gasteiger partial charge < -0.3 is 4.42 Å². The van der Waals surface area contributed by atoms with Crippen molar-refractivity contribution in [1.29, 1.82) is 0 Å². The van der Waals surface area contributed by atoms with Gasteiger partial charge in [0.15, 0.2) is 0 Å². The van der Waals surface area contributed by atoms with Crippen LogP contribution in [0.5, 0.6) is 0 Å². The second-order valence-corrected chi connectivity index (χ2v) is 8.38. The minimum Gasteiger partial charge on any atom is -0.462 e. The quantitative estimate of drug-likeness (QED) is 0.628. The van der Waals surface area contributed by atoms with Gasteiger partial charge in [0.05, 0.1) is 0 Å². The summed E-state index contributed by atoms with van der Waals surface area (Å²) in [6.07, 6.45) is 4.20. The van der Waals surface area contributed by atoms with E-state index in [9.17, 15) is 13.2 Å². The van der Waals surface area contributed by atoms with E-state index in [0.29, 0.717) is 5.76 Å². The predicted molar refractivity (Wildman–Crippen MR) is 101 cm³/mol. The Morgan fingerprint density at radius 2 is 1.85 bits per heavy atom. The molecule has 2 aromatic heterocycles. The van der Waals surface area contributed by atoms with Crippen molar-refractivity contribution in [3.05, 3.63) is 83.1 Å². The van der Waals surface area contributed by atoms with Crippen molar-refractivity contribution in [2.45, 2.75) is 17.1 Å². The van der Waals surface area contributed by atoms with Crippen molar-refractivity contribution in [3.63, 3.8) is 0 Å². The van der Waals surface area contributed by atoms with Crippen LogP contribution >= 0.6 is 11.3 Å². The molecule has 5 nitrogen and oxygen atoms in total. The van der Waals surface area contributed by atoms with Gasteiger partial charge in [-0.3, -0.25) is 4.79 Å². The summed E-state index contributed by atoms with van der Waals surface area (Å²) in [6.45, 7) is 0. The summed E-state index contributed by atoms with van der Waals surface area (Å²) in [5.74, 6) is 0.581. The Balaban J connectivity index is 1.55. The molecule has 1 N–H and O–H groups in total. The number of hydrogen-bond donors (Lipinski definition) is 1. The lowest BCUT2D eigenvalue weighted by atomic mass is 10.1. The lowest BCUT2D eigenvalue weighted by molar-refractivity contribution is -0.114. The predicted octanol–water partition coefficient (Wildman–Crippen LogP) is 3.64. The van der Waals surface area contributed by atoms with Crippen LogP contribution in [0.2, 0.25) is 0 Å². The Hall–Kier alpha value is -2.64. The average molecular weight is 387 g/mol. The van der Waals surface area contributed by atoms with Crippen molar-refractivity contribution in [2.75, 3.05) is 0 Å². The third kappa shape index (κ3) is 4.93. The zero-order valence-electron chi connectivity index (χ0n) is 13.8. The summed E-state index contributed by atoms with van der Waals surface area (Å²) in [7, 11) is -3.82. The Kier molecular flexibility index (Phi) is 5.70. The number of furan rings is 1. The maximum absolute atomic E-state index is 12.0. The minimum absolute atomic E-state index is 0.0976. The second-order valence-electron chi connectivity index (χ2n) is 5.52. The number of aryl methyl sites for hydroxylation is 2. The van der Waals surface area contributed by atoms with Crippen LogP contribution in [0.3, 0.4) is 0 Å². The first-order valence-corrected chi connectivity index (χ1v) is 10.3. The van der Waals surface area contributed by atoms with E-state index in [1.807, 2.05) is 29.0 Å². The Morgan fingerprint density at radius 1 is 1.04 bits per heavy atom. The fraction of sp³-hybridized carbons (Fsp3) is 0.105. The zero-order valence-corrected chi connectivity index (χ0v) is 15.4. The fourth-order valence-electron chi connectivity index (χ4n) is 2.32. The summed E-state index contributed by atoms with van der Waals surface area (Å²) in [5.41, 5.74) is 1.22. The molecule has 26 heavy (non-hydrogen) atoms. The topological polar surface area (TPSA) is 76.4 Å². The summed E-state index contributed by atoms with van der Waals surface area (Å²) >= 11 is 1.05. The Labute approximate surface area is 156 Å². The molecule has 0 saturated carbocycles. The standard InChI is InChI=1S/C19H17NO4S2/c21-18(20-26(22,23)19-7-4-14-25-19)13-12-17-11-10-16(24-17)9-8-15-5-2-1-3-6-15/h1-7,10-14H,8-9H2,(H,20,21)/b13-12+. The first kappa shape index (κ1) is 18.2. The van der Waals surface area contributed by atoms with Crippen LogP contribution in [0.15, 0.2) is 74.7 Å². The normalized spacial score (nSPS) is 11.7. The Morgan fingerprint density at radius 3 is 2.58 bits per heavy atom. The molecule has 3 rings (SSSR count). The van der Waals surface area contributed by atoms with Gasteiger partial charge in [0.1, 0.15) is 15.7 Å². The highest BCUT2D eigenvalue weighted by Gasteiger charge is 2.16. The van der Waals surface area contributed by atoms with E-state index in [-0.39, 0.29) is 4.21 Å². The molecule has 0 saturated heterocycles. The molecule has 0 unspecified atom stereocenters. The number of hydrogen-bond acceptors (Lipinski definition) is 5. The molecule has 2 heterocycles. The van der Waals surface area contributed by atoms with Gasteiger partial charge in [-0.05, 0) is 41.6 Å². The number of amides is 1. The number of carbonyl (C=O) groups is 1. The molecule has 0 aliphatic heterocycles. The maximum atomic E-state index is 12.0. The van der Waals surface area contributed by atoms with Crippen LogP contribution in [-0.4, -0.2) is 14.3 Å². The van der Waals surface area contributed by atoms with E-state index in [1.54, 1.807) is 17.5 Å². The SMILES string of the molecule is O=C(/C=C/c1ccc(CCc2ccccc2)o1)NS(=O)(=O)c1cccs1. The van der Waals surface area contributed by atoms with Crippen LogP contribution in [0, 0.1) is 0 Å². The van der Waals surface area contributed by atoms with Gasteiger partial charge in [0, 0.05) is 12.5 Å². The van der Waals surface area contributed by atoms with Crippen LogP contribution in [0.4, 0.5) is 0 Å². The van der Waals surface area contributed by atoms with E-state index in [1.165, 1.54) is 17.7 Å². The van der Waals surface area contributed by atoms with E-state index in [2.05, 4.69) is 12.1 Å². The summed E-state index contributed by atoms with van der Waals surface area (Å²) in [4.78, 5) is 11.8. The van der Waals surface area contributed by atoms with E-state index < -0.39 is 15.9 Å². The van der Waals surface area contributed by atoms with Crippen molar-refractivity contribution in [1.82, 2.24) is 4.72 Å². The second kappa shape index (κ2) is 8.16. The lowest BCUT2D eigenvalue weighted by Gasteiger charge is -2.01. The van der Waals surface area contributed by atoms with E-state index >= 15 is 0 Å². The van der Waals surface area contributed by atoms with Gasteiger partial charge in [-0.25, -0.2) is 13.1 Å². The smallest absolute Gasteiger partial charge is 0.273 e. The molecule has 0 atom stereocenters. The van der Waals surface area contributed by atoms with Gasteiger partial charge in [-0.15, -0.1) is 11.3 Å². The number of benzene rings is 1. The minimum atomic E-state index is -3.82. The third-order valence-corrected chi connectivity index (χ3v) is 6.32. The van der Waals surface area contributed by atoms with Gasteiger partial charge in [-0.2, -0.15) is 0 Å². The monoisotopic (exact) mass is 387 g/mol. The van der Waals surface area contributed by atoms with Gasteiger partial charge in [0.25, 0.3) is 15.9 Å². The first-order valence-electron chi connectivity index (χ1n) is 7.94. The Bertz CT molecular complexity index is 987. The van der Waals surface area contributed by atoms with Crippen molar-refractivity contribution < 1.29 is 17.6 Å². The highest BCUT2D eigenvalue weighted by Crippen LogP contribution is 2.16. The van der Waals surface area contributed by atoms with Crippen LogP contribution < -0.4 is 4.72 Å². The molecular formula is C19H17NO4S2. The summed E-state index contributed by atoms with van der Waals surface area (Å²) in [5, 5.41) is 1.63. The lowest BCUT2D eigenvalue weighted by Crippen LogP contribution is -2.28. The van der Waals surface area contributed by atoms with Crippen LogP contribution in [-0.2, 0) is 27.7 Å². The molecule has 3 aromatic rings. The van der Waals surface area contributed by atoms with Crippen molar-refractivity contribution in [3.8, 4) is 0 Å². The fourth-order valence-corrected chi connectivity index (χ4v) is 4.26. The molecule has 0 aliphatic rings. The number of rotatable bonds is 7. The molecule has 134 valence electrons. The molecule has 0 fully saturated rings. The summed E-state index contributed by atoms with van der Waals surface area (Å²) in [6, 6.07) is 16.7. The van der Waals surface area contributed by atoms with Crippen molar-refractivity contribution >= 4 is 33.3 Å². The zero-order chi connectivity index (χ0) is 18.4. The molecule has 0 bridgehead atoms. The largest absolute Gasteiger partial charge is 0.462 e. The highest BCUT2D eigenvalue weighted by molar-refractivity contribution is 7.92. The number of sulfonamides is 1. The van der Waals surface area contributed by atoms with E-state index in [4.69, 9.17) is 4.42 Å². The average Bonchev–Trinajstić information content (AvgIpc) is 3.31. The molecule has 0 radical (unpaired) electrons. The van der Waals surface area contributed by atoms with Crippen molar-refractivity contribution in [2.24, 2.45) is 0 Å². The third-order valence-electron chi connectivity index (χ3n) is 3.58. The maximum Gasteiger partial charge on any atom is 0.273 e. The van der Waals surface area contributed by atoms with E-state index in [0.717, 1.165) is 36.0 Å². The number of carbonyl (C=O) groups excluding carboxylic acids is 1. The molecule has 1 aromatic carbocycles. The van der Waals surface area contributed by atoms with Gasteiger partial charge >= 0.3 is 0 Å². The number of thiophene rings is 1. The summed E-state index contributed by atoms with van der Waals surface area (Å²) < 4.78 is 31.7. The molecular weight excluding hydrogens is 370 g/mol. The van der Waals surface area contributed by atoms with Gasteiger partial charge in [0.2, 0.25) is 0 Å². The highest BCUT2D eigenvalue weighted by atomic mass is 32.2.